The van der Waals surface area contributed by atoms with Crippen molar-refractivity contribution in [2.24, 2.45) is 0 Å². The molecule has 2 N–H and O–H groups in total. The van der Waals surface area contributed by atoms with E-state index in [0.717, 1.165) is 11.4 Å². The van der Waals surface area contributed by atoms with Gasteiger partial charge in [0.1, 0.15) is 0 Å². The Kier molecular flexibility index (Phi) is 4.53. The van der Waals surface area contributed by atoms with Gasteiger partial charge in [-0.15, -0.1) is 16.4 Å². The lowest BCUT2D eigenvalue weighted by atomic mass is 10.2. The molecule has 140 valence electrons. The van der Waals surface area contributed by atoms with Crippen molar-refractivity contribution < 1.29 is 9.59 Å². The molecule has 4 rings (SSSR count). The van der Waals surface area contributed by atoms with Crippen molar-refractivity contribution in [2.45, 2.75) is 13.8 Å². The smallest absolute Gasteiger partial charge is 0.295 e. The number of thiazole rings is 1. The van der Waals surface area contributed by atoms with Crippen LogP contribution in [-0.2, 0) is 0 Å². The molecule has 4 aromatic rings. The molecule has 0 aliphatic carbocycles. The van der Waals surface area contributed by atoms with Gasteiger partial charge in [-0.05, 0) is 44.2 Å². The molecule has 2 amide bonds. The molecule has 1 aromatic carbocycles. The van der Waals surface area contributed by atoms with Gasteiger partial charge in [0.15, 0.2) is 5.13 Å². The van der Waals surface area contributed by atoms with E-state index >= 15 is 0 Å². The number of hydrogen-bond acceptors (Lipinski definition) is 7. The summed E-state index contributed by atoms with van der Waals surface area (Å²) >= 11 is 1.34. The maximum Gasteiger partial charge on any atom is 0.295 e. The SMILES string of the molecule is Cc1cc(C)n2nc(C(=O)Nc3ccc(C(=O)Nc4nccs4)cc3)nc2n1. The molecule has 28 heavy (non-hydrogen) atoms. The first-order valence-corrected chi connectivity index (χ1v) is 9.21. The van der Waals surface area contributed by atoms with E-state index < -0.39 is 5.91 Å². The van der Waals surface area contributed by atoms with Crippen molar-refractivity contribution in [3.05, 3.63) is 64.7 Å². The Morgan fingerprint density at radius 1 is 1.04 bits per heavy atom. The summed E-state index contributed by atoms with van der Waals surface area (Å²) in [4.78, 5) is 37.1. The lowest BCUT2D eigenvalue weighted by Gasteiger charge is -2.05. The molecule has 0 atom stereocenters. The van der Waals surface area contributed by atoms with Crippen molar-refractivity contribution in [1.82, 2.24) is 24.6 Å². The maximum absolute atomic E-state index is 12.4. The van der Waals surface area contributed by atoms with Gasteiger partial charge in [0.25, 0.3) is 17.6 Å². The van der Waals surface area contributed by atoms with E-state index in [-0.39, 0.29) is 11.7 Å². The predicted octanol–water partition coefficient (Wildman–Crippen LogP) is 2.70. The van der Waals surface area contributed by atoms with Crippen molar-refractivity contribution in [3.63, 3.8) is 0 Å². The fraction of sp³-hybridized carbons (Fsp3) is 0.111. The molecule has 3 aromatic heterocycles. The molecule has 3 heterocycles. The maximum atomic E-state index is 12.4. The van der Waals surface area contributed by atoms with Gasteiger partial charge in [0, 0.05) is 34.2 Å². The molecule has 0 fully saturated rings. The first-order chi connectivity index (χ1) is 13.5. The lowest BCUT2D eigenvalue weighted by molar-refractivity contribution is 0.101. The molecule has 0 unspecified atom stereocenters. The van der Waals surface area contributed by atoms with Gasteiger partial charge in [0.2, 0.25) is 5.82 Å². The number of fused-ring (bicyclic) bond motifs is 1. The number of carbonyl (C=O) groups excluding carboxylic acids is 2. The molecule has 0 aliphatic rings. The van der Waals surface area contributed by atoms with Crippen molar-refractivity contribution in [3.8, 4) is 0 Å². The van der Waals surface area contributed by atoms with E-state index in [1.807, 2.05) is 19.9 Å². The van der Waals surface area contributed by atoms with Crippen LogP contribution >= 0.6 is 11.3 Å². The zero-order chi connectivity index (χ0) is 19.7. The van der Waals surface area contributed by atoms with Gasteiger partial charge < -0.3 is 5.32 Å². The first kappa shape index (κ1) is 17.7. The Labute approximate surface area is 163 Å². The summed E-state index contributed by atoms with van der Waals surface area (Å²) in [6.45, 7) is 3.72. The molecule has 0 spiro atoms. The van der Waals surface area contributed by atoms with E-state index in [4.69, 9.17) is 0 Å². The number of aromatic nitrogens is 5. The van der Waals surface area contributed by atoms with Gasteiger partial charge in [-0.3, -0.25) is 14.9 Å². The normalized spacial score (nSPS) is 10.8. The van der Waals surface area contributed by atoms with E-state index in [9.17, 15) is 9.59 Å². The third-order valence-electron chi connectivity index (χ3n) is 3.88. The minimum Gasteiger partial charge on any atom is -0.319 e. The average Bonchev–Trinajstić information content (AvgIpc) is 3.32. The fourth-order valence-electron chi connectivity index (χ4n) is 2.61. The second-order valence-corrected chi connectivity index (χ2v) is 6.90. The van der Waals surface area contributed by atoms with Crippen LogP contribution < -0.4 is 10.6 Å². The molecule has 10 heteroatoms. The minimum absolute atomic E-state index is 0.0202. The summed E-state index contributed by atoms with van der Waals surface area (Å²) in [6.07, 6.45) is 1.62. The van der Waals surface area contributed by atoms with Crippen LogP contribution in [0.25, 0.3) is 5.78 Å². The molecular weight excluding hydrogens is 378 g/mol. The summed E-state index contributed by atoms with van der Waals surface area (Å²) in [7, 11) is 0. The summed E-state index contributed by atoms with van der Waals surface area (Å²) < 4.78 is 1.52. The Morgan fingerprint density at radius 2 is 1.82 bits per heavy atom. The van der Waals surface area contributed by atoms with Crippen LogP contribution in [0.15, 0.2) is 41.9 Å². The van der Waals surface area contributed by atoms with Crippen LogP contribution in [0.2, 0.25) is 0 Å². The quantitative estimate of drug-likeness (QED) is 0.551. The van der Waals surface area contributed by atoms with Crippen molar-refractivity contribution in [1.29, 1.82) is 0 Å². The fourth-order valence-corrected chi connectivity index (χ4v) is 3.13. The Bertz CT molecular complexity index is 1170. The van der Waals surface area contributed by atoms with Crippen LogP contribution in [0, 0.1) is 13.8 Å². The largest absolute Gasteiger partial charge is 0.319 e. The highest BCUT2D eigenvalue weighted by Crippen LogP contribution is 2.15. The summed E-state index contributed by atoms with van der Waals surface area (Å²) in [5.74, 6) is -0.335. The van der Waals surface area contributed by atoms with Crippen molar-refractivity contribution in [2.75, 3.05) is 10.6 Å². The van der Waals surface area contributed by atoms with E-state index in [1.54, 1.807) is 35.8 Å². The van der Waals surface area contributed by atoms with Gasteiger partial charge in [-0.2, -0.15) is 4.98 Å². The van der Waals surface area contributed by atoms with Crippen LogP contribution in [0.1, 0.15) is 32.4 Å². The Balaban J connectivity index is 1.47. The average molecular weight is 393 g/mol. The van der Waals surface area contributed by atoms with Gasteiger partial charge in [-0.1, -0.05) is 0 Å². The molecule has 0 aliphatic heterocycles. The topological polar surface area (TPSA) is 114 Å². The highest BCUT2D eigenvalue weighted by molar-refractivity contribution is 7.13. The van der Waals surface area contributed by atoms with Crippen LogP contribution in [0.3, 0.4) is 0 Å². The Morgan fingerprint density at radius 3 is 2.54 bits per heavy atom. The predicted molar refractivity (Wildman–Crippen MR) is 105 cm³/mol. The monoisotopic (exact) mass is 393 g/mol. The number of rotatable bonds is 4. The molecule has 0 saturated heterocycles. The van der Waals surface area contributed by atoms with Crippen molar-refractivity contribution >= 4 is 39.7 Å². The van der Waals surface area contributed by atoms with Crippen LogP contribution in [-0.4, -0.2) is 36.4 Å². The highest BCUT2D eigenvalue weighted by atomic mass is 32.1. The summed E-state index contributed by atoms with van der Waals surface area (Å²) in [5.41, 5.74) is 2.62. The highest BCUT2D eigenvalue weighted by Gasteiger charge is 2.15. The molecule has 9 nitrogen and oxygen atoms in total. The molecule has 0 saturated carbocycles. The molecular formula is C18H15N7O2S. The van der Waals surface area contributed by atoms with Gasteiger partial charge in [0.05, 0.1) is 0 Å². The summed E-state index contributed by atoms with van der Waals surface area (Å²) in [6, 6.07) is 8.37. The Hall–Kier alpha value is -3.66. The number of aryl methyl sites for hydroxylation is 2. The summed E-state index contributed by atoms with van der Waals surface area (Å²) in [5, 5.41) is 11.9. The van der Waals surface area contributed by atoms with Gasteiger partial charge in [-0.25, -0.2) is 14.5 Å². The molecule has 0 radical (unpaired) electrons. The number of nitrogens with zero attached hydrogens (tertiary/aromatic N) is 5. The third kappa shape index (κ3) is 3.58. The zero-order valence-corrected chi connectivity index (χ0v) is 15.8. The van der Waals surface area contributed by atoms with Gasteiger partial charge >= 0.3 is 0 Å². The van der Waals surface area contributed by atoms with E-state index in [1.165, 1.54) is 15.9 Å². The second kappa shape index (κ2) is 7.16. The second-order valence-electron chi connectivity index (χ2n) is 6.01. The van der Waals surface area contributed by atoms with E-state index in [0.29, 0.717) is 22.2 Å². The number of amides is 2. The number of carbonyl (C=O) groups is 2. The minimum atomic E-state index is -0.456. The number of benzene rings is 1. The number of anilines is 2. The lowest BCUT2D eigenvalue weighted by Crippen LogP contribution is -2.15. The number of hydrogen-bond donors (Lipinski definition) is 2. The van der Waals surface area contributed by atoms with E-state index in [2.05, 4.69) is 30.7 Å². The van der Waals surface area contributed by atoms with Crippen LogP contribution in [0.5, 0.6) is 0 Å². The third-order valence-corrected chi connectivity index (χ3v) is 4.57. The van der Waals surface area contributed by atoms with Crippen LogP contribution in [0.4, 0.5) is 10.8 Å². The standard InChI is InChI=1S/C18H15N7O2S/c1-10-9-11(2)25-17(20-10)22-14(24-25)16(27)21-13-5-3-12(4-6-13)15(26)23-18-19-7-8-28-18/h3-9H,1-2H3,(H,21,27)(H,19,23,26). The molecule has 0 bridgehead atoms. The number of nitrogens with one attached hydrogen (secondary N) is 2. The zero-order valence-electron chi connectivity index (χ0n) is 15.0. The first-order valence-electron chi connectivity index (χ1n) is 8.33.